The van der Waals surface area contributed by atoms with Gasteiger partial charge in [-0.1, -0.05) is 73.7 Å². The van der Waals surface area contributed by atoms with E-state index in [0.717, 1.165) is 22.3 Å². The van der Waals surface area contributed by atoms with Gasteiger partial charge in [0.05, 0.1) is 10.6 Å². The molecule has 0 aliphatic carbocycles. The second kappa shape index (κ2) is 9.97. The van der Waals surface area contributed by atoms with E-state index >= 15 is 0 Å². The van der Waals surface area contributed by atoms with Crippen LogP contribution in [0.1, 0.15) is 25.8 Å². The number of para-hydroxylation sites is 1. The summed E-state index contributed by atoms with van der Waals surface area (Å²) in [5, 5.41) is 6.66. The smallest absolute Gasteiger partial charge is 0.374 e. The lowest BCUT2D eigenvalue weighted by atomic mass is 10.0. The van der Waals surface area contributed by atoms with Crippen molar-refractivity contribution in [3.05, 3.63) is 96.3 Å². The predicted molar refractivity (Wildman–Crippen MR) is 158 cm³/mol. The molecule has 10 nitrogen and oxygen atoms in total. The zero-order chi connectivity index (χ0) is 27.9. The summed E-state index contributed by atoms with van der Waals surface area (Å²) in [4.78, 5) is 12.6. The lowest BCUT2D eigenvalue weighted by molar-refractivity contribution is 0.404. The molecule has 2 aliphatic heterocycles. The fourth-order valence-electron chi connectivity index (χ4n) is 4.80. The minimum absolute atomic E-state index is 0.102. The molecule has 0 radical (unpaired) electrons. The molecule has 202 valence electrons. The normalized spacial score (nSPS) is 21.1. The number of allylic oxidation sites excluding steroid dienone is 4. The second-order valence-corrected chi connectivity index (χ2v) is 13.1. The Morgan fingerprint density at radius 3 is 1.98 bits per heavy atom. The minimum atomic E-state index is -3.74. The lowest BCUT2D eigenvalue weighted by Crippen LogP contribution is -2.24. The first-order valence-electron chi connectivity index (χ1n) is 12.7. The number of nitrogen functional groups attached to an aromatic ring is 1. The van der Waals surface area contributed by atoms with Crippen molar-refractivity contribution in [1.29, 1.82) is 0 Å². The van der Waals surface area contributed by atoms with Gasteiger partial charge in [0, 0.05) is 28.7 Å². The number of hydrogen-bond donors (Lipinski definition) is 3. The molecule has 2 unspecified atom stereocenters. The summed E-state index contributed by atoms with van der Waals surface area (Å²) >= 11 is 0. The summed E-state index contributed by atoms with van der Waals surface area (Å²) in [6, 6.07) is 21.9. The van der Waals surface area contributed by atoms with E-state index in [4.69, 9.17) is 14.8 Å². The average molecular weight is 573 g/mol. The van der Waals surface area contributed by atoms with Crippen molar-refractivity contribution in [2.75, 3.05) is 15.9 Å². The number of aromatic nitrogens is 3. The van der Waals surface area contributed by atoms with Gasteiger partial charge in [-0.25, -0.2) is 9.13 Å². The molecule has 3 aromatic carbocycles. The maximum Gasteiger partial charge on any atom is 0.374 e. The molecule has 2 atom stereocenters. The Morgan fingerprint density at radius 2 is 1.32 bits per heavy atom. The van der Waals surface area contributed by atoms with Crippen LogP contribution in [0.5, 0.6) is 5.75 Å². The fraction of sp³-hybridized carbons (Fsp3) is 0.107. The molecule has 4 N–H and O–H groups in total. The molecule has 1 aromatic heterocycles. The van der Waals surface area contributed by atoms with Crippen LogP contribution in [0, 0.1) is 0 Å². The summed E-state index contributed by atoms with van der Waals surface area (Å²) < 4.78 is 40.6. The maximum absolute atomic E-state index is 14.3. The molecule has 0 fully saturated rings. The summed E-state index contributed by atoms with van der Waals surface area (Å²) in [7, 11) is -7.48. The molecule has 0 spiro atoms. The van der Waals surface area contributed by atoms with Crippen LogP contribution in [0.4, 0.5) is 17.8 Å². The van der Waals surface area contributed by atoms with E-state index < -0.39 is 15.0 Å². The number of nitrogens with zero attached hydrogens (tertiary/aromatic N) is 3. The first kappa shape index (κ1) is 25.9. The molecule has 40 heavy (non-hydrogen) atoms. The van der Waals surface area contributed by atoms with E-state index in [1.165, 1.54) is 0 Å². The van der Waals surface area contributed by atoms with Gasteiger partial charge in [-0.05, 0) is 25.1 Å². The number of anilines is 3. The van der Waals surface area contributed by atoms with Crippen LogP contribution < -0.4 is 31.0 Å². The van der Waals surface area contributed by atoms with Gasteiger partial charge < -0.3 is 14.8 Å². The molecular weight excluding hydrogens is 546 g/mol. The zero-order valence-electron chi connectivity index (χ0n) is 21.7. The van der Waals surface area contributed by atoms with Crippen LogP contribution in [0.25, 0.3) is 16.7 Å². The maximum atomic E-state index is 14.3. The molecular formula is C28H26N6O4P2. The first-order valence-corrected chi connectivity index (χ1v) is 15.9. The third kappa shape index (κ3) is 4.45. The standard InChI is InChI=1S/C28H26N6O4P2/c1-3-11-18-20-13-6-9-16-24(20)39(35,37-22(18)4-2)33-27-30-26(29)31-28(32-27)34-40(36)25-17-10-7-14-21(25)19-12-5-8-15-23(19)38-40/h3,5-17H,4H2,1-2H3,(H4,29,30,31,32,33,34,35,36). The predicted octanol–water partition coefficient (Wildman–Crippen LogP) is 6.10. The van der Waals surface area contributed by atoms with E-state index in [0.29, 0.717) is 28.5 Å². The topological polar surface area (TPSA) is 141 Å². The second-order valence-electron chi connectivity index (χ2n) is 9.07. The van der Waals surface area contributed by atoms with Crippen molar-refractivity contribution in [2.45, 2.75) is 20.3 Å². The summed E-state index contributed by atoms with van der Waals surface area (Å²) in [5.41, 5.74) is 9.26. The fourth-order valence-corrected chi connectivity index (χ4v) is 8.62. The highest BCUT2D eigenvalue weighted by atomic mass is 31.2. The Kier molecular flexibility index (Phi) is 6.45. The minimum Gasteiger partial charge on any atom is -0.430 e. The zero-order valence-corrected chi connectivity index (χ0v) is 23.5. The highest BCUT2D eigenvalue weighted by Crippen LogP contribution is 2.55. The van der Waals surface area contributed by atoms with E-state index in [-0.39, 0.29) is 17.8 Å². The van der Waals surface area contributed by atoms with Crippen molar-refractivity contribution in [2.24, 2.45) is 0 Å². The van der Waals surface area contributed by atoms with Crippen molar-refractivity contribution in [3.8, 4) is 16.9 Å². The van der Waals surface area contributed by atoms with Crippen LogP contribution in [0.2, 0.25) is 0 Å². The quantitative estimate of drug-likeness (QED) is 0.232. The van der Waals surface area contributed by atoms with E-state index in [2.05, 4.69) is 25.1 Å². The largest absolute Gasteiger partial charge is 0.430 e. The Labute approximate surface area is 231 Å². The van der Waals surface area contributed by atoms with E-state index in [1.807, 2.05) is 62.4 Å². The molecule has 2 aliphatic rings. The van der Waals surface area contributed by atoms with Crippen LogP contribution in [-0.2, 0) is 13.7 Å². The van der Waals surface area contributed by atoms with Crippen molar-refractivity contribution < 1.29 is 18.2 Å². The summed E-state index contributed by atoms with van der Waals surface area (Å²) in [6.07, 6.45) is 4.36. The number of benzene rings is 3. The lowest BCUT2D eigenvalue weighted by Gasteiger charge is -2.30. The number of nitrogens with two attached hydrogens (primary N) is 1. The SMILES string of the molecule is CC=CC1=C(CC)OP(=O)(Nc2nc(N)nc(NP3(=O)Oc4ccccc4-c4ccccc43)n2)c2ccccc21. The van der Waals surface area contributed by atoms with Gasteiger partial charge >= 0.3 is 15.0 Å². The van der Waals surface area contributed by atoms with Crippen LogP contribution in [0.15, 0.2) is 90.7 Å². The number of nitrogens with one attached hydrogen (secondary N) is 2. The molecule has 3 heterocycles. The summed E-state index contributed by atoms with van der Waals surface area (Å²) in [5.74, 6) is 0.656. The first-order chi connectivity index (χ1) is 19.3. The Balaban J connectivity index is 1.37. The third-order valence-corrected chi connectivity index (χ3v) is 10.4. The van der Waals surface area contributed by atoms with E-state index in [9.17, 15) is 9.13 Å². The number of hydrogen-bond acceptors (Lipinski definition) is 8. The van der Waals surface area contributed by atoms with Crippen LogP contribution in [-0.4, -0.2) is 15.0 Å². The van der Waals surface area contributed by atoms with Crippen LogP contribution >= 0.6 is 15.0 Å². The van der Waals surface area contributed by atoms with Gasteiger partial charge in [0.15, 0.2) is 0 Å². The Hall–Kier alpha value is -4.39. The molecule has 6 rings (SSSR count). The van der Waals surface area contributed by atoms with Gasteiger partial charge in [0.25, 0.3) is 0 Å². The molecule has 0 amide bonds. The van der Waals surface area contributed by atoms with Crippen molar-refractivity contribution in [1.82, 2.24) is 15.0 Å². The average Bonchev–Trinajstić information content (AvgIpc) is 2.94. The third-order valence-electron chi connectivity index (χ3n) is 6.48. The van der Waals surface area contributed by atoms with E-state index in [1.54, 1.807) is 36.4 Å². The van der Waals surface area contributed by atoms with Gasteiger partial charge in [-0.2, -0.15) is 15.0 Å². The molecule has 0 saturated carbocycles. The molecule has 4 aromatic rings. The van der Waals surface area contributed by atoms with Gasteiger partial charge in [-0.3, -0.25) is 10.2 Å². The highest BCUT2D eigenvalue weighted by Gasteiger charge is 2.39. The van der Waals surface area contributed by atoms with Gasteiger partial charge in [-0.15, -0.1) is 0 Å². The Bertz CT molecular complexity index is 1810. The van der Waals surface area contributed by atoms with Crippen molar-refractivity contribution in [3.63, 3.8) is 0 Å². The van der Waals surface area contributed by atoms with Gasteiger partial charge in [0.1, 0.15) is 11.5 Å². The highest BCUT2D eigenvalue weighted by molar-refractivity contribution is 7.69. The monoisotopic (exact) mass is 572 g/mol. The van der Waals surface area contributed by atoms with Crippen LogP contribution in [0.3, 0.4) is 0 Å². The summed E-state index contributed by atoms with van der Waals surface area (Å²) in [6.45, 7) is 3.84. The number of rotatable bonds is 6. The molecule has 12 heteroatoms. The van der Waals surface area contributed by atoms with Gasteiger partial charge in [0.2, 0.25) is 17.8 Å². The molecule has 0 saturated heterocycles. The van der Waals surface area contributed by atoms with Crippen molar-refractivity contribution >= 4 is 49.1 Å². The Morgan fingerprint density at radius 1 is 0.775 bits per heavy atom. The number of fused-ring (bicyclic) bond motifs is 4. The molecule has 0 bridgehead atoms.